The molecule has 40 heavy (non-hydrogen) atoms. The summed E-state index contributed by atoms with van der Waals surface area (Å²) < 4.78 is 1.91. The van der Waals surface area contributed by atoms with Crippen molar-refractivity contribution >= 4 is 40.1 Å². The molecule has 3 heterocycles. The van der Waals surface area contributed by atoms with E-state index in [-0.39, 0.29) is 35.3 Å². The van der Waals surface area contributed by atoms with Crippen molar-refractivity contribution in [1.82, 2.24) is 19.4 Å². The minimum atomic E-state index is -0.364. The van der Waals surface area contributed by atoms with E-state index in [4.69, 9.17) is 0 Å². The highest BCUT2D eigenvalue weighted by molar-refractivity contribution is 6.05. The van der Waals surface area contributed by atoms with Crippen LogP contribution in [0.3, 0.4) is 0 Å². The first-order valence-corrected chi connectivity index (χ1v) is 13.2. The highest BCUT2D eigenvalue weighted by atomic mass is 16.2. The topological polar surface area (TPSA) is 100 Å². The first kappa shape index (κ1) is 28.5. The monoisotopic (exact) mass is 540 g/mol. The summed E-state index contributed by atoms with van der Waals surface area (Å²) in [5, 5.41) is 3.88. The van der Waals surface area contributed by atoms with Crippen LogP contribution in [0.5, 0.6) is 0 Å². The summed E-state index contributed by atoms with van der Waals surface area (Å²) in [6, 6.07) is 16.6. The number of carbonyl (C=O) groups is 3. The largest absolute Gasteiger partial charge is 0.349 e. The molecule has 0 saturated carbocycles. The second-order valence-electron chi connectivity index (χ2n) is 11.3. The van der Waals surface area contributed by atoms with Gasteiger partial charge in [-0.1, -0.05) is 32.9 Å². The number of amides is 3. The molecular formula is C31H36N6O3. The molecule has 9 heteroatoms. The number of rotatable bonds is 8. The average molecular weight is 541 g/mol. The fraction of sp³-hybridized carbons (Fsp3) is 0.323. The van der Waals surface area contributed by atoms with E-state index in [1.807, 2.05) is 67.8 Å². The molecule has 1 aromatic carbocycles. The average Bonchev–Trinajstić information content (AvgIpc) is 3.26. The Labute approximate surface area is 234 Å². The Morgan fingerprint density at radius 3 is 2.33 bits per heavy atom. The molecule has 4 rings (SSSR count). The standard InChI is InChI=1S/C31H36N6O3/c1-31(2,3)20-29(39)36(6)23-11-10-22-18-27(37(26(22)19-23)17-14-28(38)35(4)5)34-30(40)25-9-7-8-24(33-25)21-12-15-32-16-13-21/h7-13,15-16,18-19H,14,17,20H2,1-6H3,(H,34,40). The summed E-state index contributed by atoms with van der Waals surface area (Å²) >= 11 is 0. The highest BCUT2D eigenvalue weighted by Gasteiger charge is 2.21. The third kappa shape index (κ3) is 6.72. The van der Waals surface area contributed by atoms with E-state index < -0.39 is 0 Å². The molecule has 9 nitrogen and oxygen atoms in total. The number of hydrogen-bond acceptors (Lipinski definition) is 5. The number of benzene rings is 1. The van der Waals surface area contributed by atoms with Crippen LogP contribution in [0.25, 0.3) is 22.2 Å². The van der Waals surface area contributed by atoms with Crippen molar-refractivity contribution in [3.8, 4) is 11.3 Å². The van der Waals surface area contributed by atoms with E-state index in [2.05, 4.69) is 15.3 Å². The van der Waals surface area contributed by atoms with Crippen LogP contribution in [0.15, 0.2) is 67.0 Å². The van der Waals surface area contributed by atoms with Gasteiger partial charge in [0.15, 0.2) is 0 Å². The third-order valence-electron chi connectivity index (χ3n) is 6.58. The lowest BCUT2D eigenvalue weighted by atomic mass is 9.91. The molecule has 0 spiro atoms. The lowest BCUT2D eigenvalue weighted by Gasteiger charge is -2.23. The highest BCUT2D eigenvalue weighted by Crippen LogP contribution is 2.30. The van der Waals surface area contributed by atoms with Crippen molar-refractivity contribution in [1.29, 1.82) is 0 Å². The molecule has 0 bridgehead atoms. The molecule has 208 valence electrons. The first-order chi connectivity index (χ1) is 18.9. The summed E-state index contributed by atoms with van der Waals surface area (Å²) in [6.45, 7) is 6.45. The zero-order chi connectivity index (χ0) is 29.0. The fourth-order valence-corrected chi connectivity index (χ4v) is 4.37. The van der Waals surface area contributed by atoms with E-state index in [1.54, 1.807) is 55.5 Å². The Kier molecular flexibility index (Phi) is 8.32. The van der Waals surface area contributed by atoms with Crippen molar-refractivity contribution < 1.29 is 14.4 Å². The molecule has 3 amide bonds. The van der Waals surface area contributed by atoms with Crippen LogP contribution >= 0.6 is 0 Å². The van der Waals surface area contributed by atoms with Crippen molar-refractivity contribution in [3.63, 3.8) is 0 Å². The van der Waals surface area contributed by atoms with Crippen LogP contribution in [-0.2, 0) is 16.1 Å². The zero-order valence-corrected chi connectivity index (χ0v) is 23.9. The Morgan fingerprint density at radius 2 is 1.65 bits per heavy atom. The number of nitrogens with zero attached hydrogens (tertiary/aromatic N) is 5. The molecule has 0 aliphatic carbocycles. The van der Waals surface area contributed by atoms with E-state index in [9.17, 15) is 14.4 Å². The third-order valence-corrected chi connectivity index (χ3v) is 6.58. The van der Waals surface area contributed by atoms with Gasteiger partial charge in [-0.25, -0.2) is 4.98 Å². The fourth-order valence-electron chi connectivity index (χ4n) is 4.37. The van der Waals surface area contributed by atoms with Crippen LogP contribution in [0.1, 0.15) is 44.1 Å². The maximum Gasteiger partial charge on any atom is 0.275 e. The number of fused-ring (bicyclic) bond motifs is 1. The quantitative estimate of drug-likeness (QED) is 0.330. The summed E-state index contributed by atoms with van der Waals surface area (Å²) in [6.07, 6.45) is 4.02. The predicted octanol–water partition coefficient (Wildman–Crippen LogP) is 5.23. The van der Waals surface area contributed by atoms with E-state index in [0.29, 0.717) is 24.5 Å². The number of aromatic nitrogens is 3. The molecule has 0 aliphatic heterocycles. The molecule has 3 aromatic heterocycles. The lowest BCUT2D eigenvalue weighted by molar-refractivity contribution is -0.128. The number of nitrogens with one attached hydrogen (secondary N) is 1. The maximum absolute atomic E-state index is 13.3. The van der Waals surface area contributed by atoms with Crippen LogP contribution in [0.2, 0.25) is 0 Å². The van der Waals surface area contributed by atoms with E-state index in [0.717, 1.165) is 22.2 Å². The van der Waals surface area contributed by atoms with Gasteiger partial charge in [0.2, 0.25) is 11.8 Å². The Morgan fingerprint density at radius 1 is 0.925 bits per heavy atom. The molecule has 1 N–H and O–H groups in total. The molecule has 0 atom stereocenters. The summed E-state index contributed by atoms with van der Waals surface area (Å²) in [5.41, 5.74) is 3.21. The van der Waals surface area contributed by atoms with Crippen LogP contribution in [0, 0.1) is 5.41 Å². The van der Waals surface area contributed by atoms with Crippen molar-refractivity contribution in [3.05, 3.63) is 72.7 Å². The van der Waals surface area contributed by atoms with Crippen molar-refractivity contribution in [2.75, 3.05) is 31.4 Å². The van der Waals surface area contributed by atoms with E-state index in [1.165, 1.54) is 0 Å². The number of pyridine rings is 2. The van der Waals surface area contributed by atoms with Gasteiger partial charge in [0.05, 0.1) is 11.2 Å². The van der Waals surface area contributed by atoms with Crippen molar-refractivity contribution in [2.24, 2.45) is 5.41 Å². The number of carbonyl (C=O) groups excluding carboxylic acids is 3. The first-order valence-electron chi connectivity index (χ1n) is 13.2. The van der Waals surface area contributed by atoms with Gasteiger partial charge in [0, 0.05) is 69.6 Å². The molecule has 0 unspecified atom stereocenters. The smallest absolute Gasteiger partial charge is 0.275 e. The Hall–Kier alpha value is -4.53. The predicted molar refractivity (Wildman–Crippen MR) is 158 cm³/mol. The second-order valence-corrected chi connectivity index (χ2v) is 11.3. The lowest BCUT2D eigenvalue weighted by Crippen LogP contribution is -2.29. The second kappa shape index (κ2) is 11.7. The van der Waals surface area contributed by atoms with Crippen molar-refractivity contribution in [2.45, 2.75) is 40.2 Å². The molecule has 0 fully saturated rings. The molecule has 4 aromatic rings. The normalized spacial score (nSPS) is 11.3. The van der Waals surface area contributed by atoms with Gasteiger partial charge < -0.3 is 19.7 Å². The van der Waals surface area contributed by atoms with Gasteiger partial charge in [-0.15, -0.1) is 0 Å². The minimum absolute atomic E-state index is 0.0152. The SMILES string of the molecule is CN(C)C(=O)CCn1c(NC(=O)c2cccc(-c3ccncc3)n2)cc2ccc(N(C)C(=O)CC(C)(C)C)cc21. The molecular weight excluding hydrogens is 504 g/mol. The summed E-state index contributed by atoms with van der Waals surface area (Å²) in [5.74, 6) is 0.168. The molecule has 0 radical (unpaired) electrons. The van der Waals surface area contributed by atoms with Gasteiger partial charge in [-0.3, -0.25) is 19.4 Å². The van der Waals surface area contributed by atoms with Crippen LogP contribution in [0.4, 0.5) is 11.5 Å². The molecule has 0 saturated heterocycles. The molecule has 0 aliphatic rings. The van der Waals surface area contributed by atoms with Crippen LogP contribution < -0.4 is 10.2 Å². The summed E-state index contributed by atoms with van der Waals surface area (Å²) in [4.78, 5) is 50.5. The van der Waals surface area contributed by atoms with Crippen LogP contribution in [-0.4, -0.2) is 58.3 Å². The van der Waals surface area contributed by atoms with Gasteiger partial charge in [-0.2, -0.15) is 0 Å². The maximum atomic E-state index is 13.3. The van der Waals surface area contributed by atoms with Gasteiger partial charge >= 0.3 is 0 Å². The minimum Gasteiger partial charge on any atom is -0.349 e. The Balaban J connectivity index is 1.68. The van der Waals surface area contributed by atoms with Gasteiger partial charge in [0.1, 0.15) is 11.5 Å². The number of anilines is 2. The Bertz CT molecular complexity index is 1540. The van der Waals surface area contributed by atoms with Gasteiger partial charge in [-0.05, 0) is 47.9 Å². The van der Waals surface area contributed by atoms with Gasteiger partial charge in [0.25, 0.3) is 5.91 Å². The number of hydrogen-bond donors (Lipinski definition) is 1. The summed E-state index contributed by atoms with van der Waals surface area (Å²) in [7, 11) is 5.20. The number of aryl methyl sites for hydroxylation is 1. The van der Waals surface area contributed by atoms with E-state index >= 15 is 0 Å². The zero-order valence-electron chi connectivity index (χ0n) is 23.9.